The van der Waals surface area contributed by atoms with Gasteiger partial charge in [-0.3, -0.25) is 4.79 Å². The van der Waals surface area contributed by atoms with Crippen molar-refractivity contribution in [1.29, 1.82) is 0 Å². The zero-order valence-electron chi connectivity index (χ0n) is 7.58. The number of carbonyl (C=O) groups is 1. The molecule has 0 spiro atoms. The number of phenolic OH excluding ortho intramolecular Hbond substituents is 1. The van der Waals surface area contributed by atoms with Gasteiger partial charge in [0.15, 0.2) is 11.6 Å². The van der Waals surface area contributed by atoms with Gasteiger partial charge in [-0.05, 0) is 12.1 Å². The summed E-state index contributed by atoms with van der Waals surface area (Å²) in [5.74, 6) is -2.71. The van der Waals surface area contributed by atoms with Gasteiger partial charge in [0, 0.05) is 16.6 Å². The summed E-state index contributed by atoms with van der Waals surface area (Å²) in [4.78, 5) is 10.4. The summed E-state index contributed by atoms with van der Waals surface area (Å²) < 4.78 is 13.0. The molecule has 4 nitrogen and oxygen atoms in total. The molecule has 0 aliphatic heterocycles. The van der Waals surface area contributed by atoms with Crippen LogP contribution < -0.4 is 5.73 Å². The zero-order chi connectivity index (χ0) is 11.6. The number of aromatic hydroxyl groups is 1. The summed E-state index contributed by atoms with van der Waals surface area (Å²) in [7, 11) is 0. The second kappa shape index (κ2) is 4.46. The fraction of sp³-hybridized carbons (Fsp3) is 0.222. The predicted molar refractivity (Wildman–Crippen MR) is 52.3 cm³/mol. The molecule has 82 valence electrons. The number of carboxylic acids is 1. The van der Waals surface area contributed by atoms with Crippen LogP contribution in [0.1, 0.15) is 18.0 Å². The average Bonchev–Trinajstić information content (AvgIpc) is 2.09. The van der Waals surface area contributed by atoms with Crippen molar-refractivity contribution >= 4 is 17.6 Å². The Kier molecular flexibility index (Phi) is 3.49. The third-order valence-corrected chi connectivity index (χ3v) is 2.07. The van der Waals surface area contributed by atoms with Crippen LogP contribution >= 0.6 is 11.6 Å². The van der Waals surface area contributed by atoms with Gasteiger partial charge in [-0.2, -0.15) is 0 Å². The minimum atomic E-state index is -1.14. The third-order valence-electron chi connectivity index (χ3n) is 1.85. The number of aliphatic carboxylic acids is 1. The van der Waals surface area contributed by atoms with Crippen LogP contribution in [0.25, 0.3) is 0 Å². The summed E-state index contributed by atoms with van der Waals surface area (Å²) in [6.07, 6.45) is -0.409. The van der Waals surface area contributed by atoms with E-state index in [1.807, 2.05) is 0 Å². The summed E-state index contributed by atoms with van der Waals surface area (Å²) >= 11 is 5.55. The molecular weight excluding hydrogens is 225 g/mol. The topological polar surface area (TPSA) is 83.6 Å². The van der Waals surface area contributed by atoms with E-state index in [-0.39, 0.29) is 10.6 Å². The summed E-state index contributed by atoms with van der Waals surface area (Å²) in [5.41, 5.74) is 5.46. The Labute approximate surface area is 90.1 Å². The van der Waals surface area contributed by atoms with Crippen LogP contribution in [0.15, 0.2) is 12.1 Å². The molecule has 0 radical (unpaired) electrons. The van der Waals surface area contributed by atoms with Crippen LogP contribution in [-0.2, 0) is 4.79 Å². The van der Waals surface area contributed by atoms with Crippen LogP contribution in [0.3, 0.4) is 0 Å². The normalized spacial score (nSPS) is 12.5. The average molecular weight is 234 g/mol. The van der Waals surface area contributed by atoms with E-state index in [1.165, 1.54) is 6.07 Å². The number of hydrogen-bond acceptors (Lipinski definition) is 3. The van der Waals surface area contributed by atoms with Crippen molar-refractivity contribution in [2.24, 2.45) is 5.73 Å². The van der Waals surface area contributed by atoms with Crippen molar-refractivity contribution in [2.75, 3.05) is 0 Å². The van der Waals surface area contributed by atoms with Crippen LogP contribution in [0.2, 0.25) is 5.02 Å². The van der Waals surface area contributed by atoms with Gasteiger partial charge in [0.2, 0.25) is 0 Å². The molecule has 0 saturated carbocycles. The predicted octanol–water partition coefficient (Wildman–Crippen LogP) is 1.66. The van der Waals surface area contributed by atoms with E-state index in [4.69, 9.17) is 22.4 Å². The monoisotopic (exact) mass is 233 g/mol. The molecule has 1 aromatic rings. The number of rotatable bonds is 3. The molecule has 1 atom stereocenters. The second-order valence-corrected chi connectivity index (χ2v) is 3.47. The fourth-order valence-corrected chi connectivity index (χ4v) is 1.38. The number of benzene rings is 1. The van der Waals surface area contributed by atoms with Crippen LogP contribution in [0, 0.1) is 5.82 Å². The highest BCUT2D eigenvalue weighted by molar-refractivity contribution is 6.30. The van der Waals surface area contributed by atoms with E-state index in [2.05, 4.69) is 0 Å². The lowest BCUT2D eigenvalue weighted by Crippen LogP contribution is -2.15. The highest BCUT2D eigenvalue weighted by Gasteiger charge is 2.17. The first kappa shape index (κ1) is 11.7. The van der Waals surface area contributed by atoms with Gasteiger partial charge in [-0.25, -0.2) is 4.39 Å². The fourth-order valence-electron chi connectivity index (χ4n) is 1.17. The van der Waals surface area contributed by atoms with Crippen LogP contribution in [-0.4, -0.2) is 16.2 Å². The highest BCUT2D eigenvalue weighted by atomic mass is 35.5. The Morgan fingerprint density at radius 2 is 2.20 bits per heavy atom. The number of hydrogen-bond donors (Lipinski definition) is 3. The molecule has 4 N–H and O–H groups in total. The minimum absolute atomic E-state index is 0.0117. The van der Waals surface area contributed by atoms with E-state index >= 15 is 0 Å². The maximum atomic E-state index is 13.0. The van der Waals surface area contributed by atoms with Crippen molar-refractivity contribution < 1.29 is 19.4 Å². The Bertz CT molecular complexity index is 397. The Hall–Kier alpha value is -1.33. The summed E-state index contributed by atoms with van der Waals surface area (Å²) in [5, 5.41) is 17.8. The zero-order valence-corrected chi connectivity index (χ0v) is 8.33. The maximum Gasteiger partial charge on any atom is 0.305 e. The molecule has 0 saturated heterocycles. The summed E-state index contributed by atoms with van der Waals surface area (Å²) in [6.45, 7) is 0. The molecule has 0 heterocycles. The number of halogens is 2. The SMILES string of the molecule is NC(CC(=O)O)c1cc(Cl)cc(F)c1O. The third kappa shape index (κ3) is 2.81. The molecular formula is C9H9ClFNO3. The molecule has 0 amide bonds. The lowest BCUT2D eigenvalue weighted by atomic mass is 10.0. The molecule has 0 aromatic heterocycles. The minimum Gasteiger partial charge on any atom is -0.505 e. The van der Waals surface area contributed by atoms with Gasteiger partial charge in [-0.15, -0.1) is 0 Å². The van der Waals surface area contributed by atoms with Crippen molar-refractivity contribution in [1.82, 2.24) is 0 Å². The first-order valence-electron chi connectivity index (χ1n) is 4.07. The molecule has 6 heteroatoms. The quantitative estimate of drug-likeness (QED) is 0.741. The lowest BCUT2D eigenvalue weighted by molar-refractivity contribution is -0.137. The van der Waals surface area contributed by atoms with Crippen LogP contribution in [0.4, 0.5) is 4.39 Å². The molecule has 1 unspecified atom stereocenters. The van der Waals surface area contributed by atoms with Crippen molar-refractivity contribution in [2.45, 2.75) is 12.5 Å². The molecule has 1 aromatic carbocycles. The summed E-state index contributed by atoms with van der Waals surface area (Å²) in [6, 6.07) is 1.18. The van der Waals surface area contributed by atoms with Gasteiger partial charge in [0.05, 0.1) is 6.42 Å². The first-order valence-corrected chi connectivity index (χ1v) is 4.45. The van der Waals surface area contributed by atoms with E-state index in [1.54, 1.807) is 0 Å². The van der Waals surface area contributed by atoms with E-state index in [9.17, 15) is 14.3 Å². The van der Waals surface area contributed by atoms with E-state index in [0.717, 1.165) is 6.07 Å². The van der Waals surface area contributed by atoms with Crippen molar-refractivity contribution in [3.05, 3.63) is 28.5 Å². The van der Waals surface area contributed by atoms with Crippen molar-refractivity contribution in [3.8, 4) is 5.75 Å². The second-order valence-electron chi connectivity index (χ2n) is 3.03. The van der Waals surface area contributed by atoms with Gasteiger partial charge in [0.25, 0.3) is 0 Å². The molecule has 0 aliphatic rings. The number of carboxylic acid groups (broad SMARTS) is 1. The van der Waals surface area contributed by atoms with Gasteiger partial charge < -0.3 is 15.9 Å². The lowest BCUT2D eigenvalue weighted by Gasteiger charge is -2.12. The van der Waals surface area contributed by atoms with Gasteiger partial charge in [0.1, 0.15) is 0 Å². The largest absolute Gasteiger partial charge is 0.505 e. The molecule has 15 heavy (non-hydrogen) atoms. The Balaban J connectivity index is 3.07. The van der Waals surface area contributed by atoms with E-state index in [0.29, 0.717) is 0 Å². The molecule has 0 fully saturated rings. The molecule has 0 aliphatic carbocycles. The number of phenols is 1. The van der Waals surface area contributed by atoms with E-state index < -0.39 is 30.0 Å². The standard InChI is InChI=1S/C9H9ClFNO3/c10-4-1-5(7(12)3-8(13)14)9(15)6(11)2-4/h1-2,7,15H,3,12H2,(H,13,14). The smallest absolute Gasteiger partial charge is 0.305 e. The molecule has 0 bridgehead atoms. The van der Waals surface area contributed by atoms with Gasteiger partial charge in [-0.1, -0.05) is 11.6 Å². The number of nitrogens with two attached hydrogens (primary N) is 1. The first-order chi connectivity index (χ1) is 6.91. The van der Waals surface area contributed by atoms with Gasteiger partial charge >= 0.3 is 5.97 Å². The molecule has 1 rings (SSSR count). The Morgan fingerprint density at radius 1 is 1.60 bits per heavy atom. The van der Waals surface area contributed by atoms with Crippen LogP contribution in [0.5, 0.6) is 5.75 Å². The maximum absolute atomic E-state index is 13.0. The highest BCUT2D eigenvalue weighted by Crippen LogP contribution is 2.30. The Morgan fingerprint density at radius 3 is 2.73 bits per heavy atom. The van der Waals surface area contributed by atoms with Crippen molar-refractivity contribution in [3.63, 3.8) is 0 Å².